The van der Waals surface area contributed by atoms with Gasteiger partial charge in [0.15, 0.2) is 0 Å². The van der Waals surface area contributed by atoms with Gasteiger partial charge in [-0.3, -0.25) is 0 Å². The number of nitrogens with one attached hydrogen (secondary N) is 1. The molecule has 0 radical (unpaired) electrons. The third-order valence-corrected chi connectivity index (χ3v) is 3.73. The summed E-state index contributed by atoms with van der Waals surface area (Å²) < 4.78 is 33.0. The van der Waals surface area contributed by atoms with E-state index in [0.717, 1.165) is 12.8 Å². The zero-order valence-corrected chi connectivity index (χ0v) is 9.25. The Morgan fingerprint density at radius 3 is 2.33 bits per heavy atom. The third kappa shape index (κ3) is 3.16. The van der Waals surface area contributed by atoms with Crippen molar-refractivity contribution in [2.75, 3.05) is 17.5 Å². The molecule has 1 aromatic carbocycles. The molecule has 0 aromatic heterocycles. The van der Waals surface area contributed by atoms with Gasteiger partial charge < -0.3 is 0 Å². The molecular weight excluding hydrogens is 213 g/mol. The first-order valence-electron chi connectivity index (χ1n) is 4.60. The van der Waals surface area contributed by atoms with Crippen LogP contribution in [0.5, 0.6) is 0 Å². The summed E-state index contributed by atoms with van der Waals surface area (Å²) in [6.07, 6.45) is 0.222. The molecule has 0 fully saturated rings. The standard InChI is InChI=1S/C9H12BNO3S/c1-2-15(13,14)9-5-3-8(4-6-9)11-7-10-12/h3-6,11H,2,7H2,1H3. The molecular formula is C9H12BNO3S. The number of sulfone groups is 1. The van der Waals surface area contributed by atoms with Gasteiger partial charge in [0.1, 0.15) is 0 Å². The first kappa shape index (κ1) is 11.9. The van der Waals surface area contributed by atoms with Crippen molar-refractivity contribution in [2.24, 2.45) is 0 Å². The van der Waals surface area contributed by atoms with Gasteiger partial charge in [-0.05, 0) is 0 Å². The molecule has 1 N–H and O–H groups in total. The van der Waals surface area contributed by atoms with Crippen molar-refractivity contribution in [1.29, 1.82) is 0 Å². The number of hydrogen-bond acceptors (Lipinski definition) is 4. The monoisotopic (exact) mass is 225 g/mol. The number of benzene rings is 1. The van der Waals surface area contributed by atoms with E-state index in [1.165, 1.54) is 12.1 Å². The van der Waals surface area contributed by atoms with Crippen LogP contribution in [-0.2, 0) is 14.5 Å². The molecule has 15 heavy (non-hydrogen) atoms. The Morgan fingerprint density at radius 2 is 1.87 bits per heavy atom. The summed E-state index contributed by atoms with van der Waals surface area (Å²) in [5.41, 5.74) is 0.733. The molecule has 6 heteroatoms. The quantitative estimate of drug-likeness (QED) is 0.756. The summed E-state index contributed by atoms with van der Waals surface area (Å²) in [5.74, 6) is 0.0914. The van der Waals surface area contributed by atoms with Gasteiger partial charge in [0.05, 0.1) is 0 Å². The molecule has 0 saturated heterocycles. The van der Waals surface area contributed by atoms with Gasteiger partial charge in [-0.25, -0.2) is 0 Å². The van der Waals surface area contributed by atoms with Crippen LogP contribution in [0.25, 0.3) is 0 Å². The van der Waals surface area contributed by atoms with Crippen molar-refractivity contribution in [1.82, 2.24) is 0 Å². The van der Waals surface area contributed by atoms with E-state index in [1.807, 2.05) is 0 Å². The average molecular weight is 225 g/mol. The molecule has 1 aromatic rings. The molecule has 0 atom stereocenters. The van der Waals surface area contributed by atoms with E-state index in [0.29, 0.717) is 4.90 Å². The first-order valence-corrected chi connectivity index (χ1v) is 6.25. The average Bonchev–Trinajstić information content (AvgIpc) is 2.27. The maximum absolute atomic E-state index is 11.4. The molecule has 0 spiro atoms. The molecule has 80 valence electrons. The molecule has 0 aliphatic rings. The van der Waals surface area contributed by atoms with Gasteiger partial charge in [-0.2, -0.15) is 0 Å². The van der Waals surface area contributed by atoms with Gasteiger partial charge in [0.2, 0.25) is 0 Å². The van der Waals surface area contributed by atoms with E-state index in [9.17, 15) is 13.1 Å². The van der Waals surface area contributed by atoms with Crippen LogP contribution in [0.2, 0.25) is 0 Å². The van der Waals surface area contributed by atoms with E-state index in [4.69, 9.17) is 0 Å². The molecule has 0 saturated carbocycles. The van der Waals surface area contributed by atoms with Crippen LogP contribution < -0.4 is 5.32 Å². The van der Waals surface area contributed by atoms with Crippen LogP contribution in [0, 0.1) is 0 Å². The van der Waals surface area contributed by atoms with Gasteiger partial charge >= 0.3 is 89.4 Å². The van der Waals surface area contributed by atoms with Gasteiger partial charge in [-0.15, -0.1) is 0 Å². The van der Waals surface area contributed by atoms with Gasteiger partial charge in [-0.1, -0.05) is 0 Å². The molecule has 0 heterocycles. The molecule has 0 aliphatic carbocycles. The van der Waals surface area contributed by atoms with E-state index >= 15 is 0 Å². The number of hydrogen-bond donors (Lipinski definition) is 1. The van der Waals surface area contributed by atoms with Crippen molar-refractivity contribution in [3.05, 3.63) is 24.3 Å². The van der Waals surface area contributed by atoms with Crippen LogP contribution in [0.1, 0.15) is 6.92 Å². The minimum absolute atomic E-state index is 0.0914. The Balaban J connectivity index is 2.85. The van der Waals surface area contributed by atoms with Crippen molar-refractivity contribution in [2.45, 2.75) is 11.8 Å². The van der Waals surface area contributed by atoms with Crippen LogP contribution in [0.3, 0.4) is 0 Å². The van der Waals surface area contributed by atoms with E-state index in [1.54, 1.807) is 19.1 Å². The minimum atomic E-state index is -3.13. The molecule has 0 aliphatic heterocycles. The summed E-state index contributed by atoms with van der Waals surface area (Å²) in [7, 11) is -2.39. The predicted molar refractivity (Wildman–Crippen MR) is 59.1 cm³/mol. The fraction of sp³-hybridized carbons (Fsp3) is 0.333. The van der Waals surface area contributed by atoms with Crippen molar-refractivity contribution in [3.8, 4) is 0 Å². The van der Waals surface area contributed by atoms with Crippen LogP contribution in [-0.4, -0.2) is 27.8 Å². The second kappa shape index (κ2) is 5.07. The summed E-state index contributed by atoms with van der Waals surface area (Å²) in [4.78, 5) is 0.307. The maximum atomic E-state index is 11.4. The van der Waals surface area contributed by atoms with E-state index in [-0.39, 0.29) is 12.2 Å². The SMILES string of the molecule is CCS(=O)(=O)c1ccc(NCB=O)cc1. The first-order chi connectivity index (χ1) is 7.10. The molecule has 0 unspecified atom stereocenters. The zero-order valence-electron chi connectivity index (χ0n) is 8.43. The van der Waals surface area contributed by atoms with Crippen molar-refractivity contribution >= 4 is 22.7 Å². The zero-order chi connectivity index (χ0) is 11.3. The van der Waals surface area contributed by atoms with Crippen LogP contribution in [0.15, 0.2) is 29.2 Å². The van der Waals surface area contributed by atoms with E-state index in [2.05, 4.69) is 5.32 Å². The summed E-state index contributed by atoms with van der Waals surface area (Å²) in [6.45, 7) is 1.61. The summed E-state index contributed by atoms with van der Waals surface area (Å²) in [5, 5.41) is 2.83. The second-order valence-electron chi connectivity index (χ2n) is 2.98. The fourth-order valence-corrected chi connectivity index (χ4v) is 1.99. The fourth-order valence-electron chi connectivity index (χ4n) is 1.11. The Kier molecular flexibility index (Phi) is 4.02. The second-order valence-corrected chi connectivity index (χ2v) is 5.25. The predicted octanol–water partition coefficient (Wildman–Crippen LogP) is 0.899. The Morgan fingerprint density at radius 1 is 1.27 bits per heavy atom. The Bertz CT molecular complexity index is 427. The molecule has 0 bridgehead atoms. The third-order valence-electron chi connectivity index (χ3n) is 1.98. The number of anilines is 1. The van der Waals surface area contributed by atoms with Gasteiger partial charge in [0, 0.05) is 0 Å². The van der Waals surface area contributed by atoms with Crippen LogP contribution in [0.4, 0.5) is 5.69 Å². The molecule has 1 rings (SSSR count). The van der Waals surface area contributed by atoms with Crippen molar-refractivity contribution in [3.63, 3.8) is 0 Å². The molecule has 4 nitrogen and oxygen atoms in total. The summed E-state index contributed by atoms with van der Waals surface area (Å²) in [6, 6.07) is 6.36. The Labute approximate surface area is 89.9 Å². The summed E-state index contributed by atoms with van der Waals surface area (Å²) >= 11 is 0. The van der Waals surface area contributed by atoms with Crippen molar-refractivity contribution < 1.29 is 13.1 Å². The molecule has 0 amide bonds. The van der Waals surface area contributed by atoms with E-state index < -0.39 is 9.84 Å². The van der Waals surface area contributed by atoms with Gasteiger partial charge in [0.25, 0.3) is 0 Å². The number of rotatable bonds is 5. The topological polar surface area (TPSA) is 63.2 Å². The van der Waals surface area contributed by atoms with Crippen LogP contribution >= 0.6 is 0 Å². The Hall–Kier alpha value is -1.17. The normalized spacial score (nSPS) is 10.7.